The number of halogens is 1. The normalized spacial score (nSPS) is 16.1. The van der Waals surface area contributed by atoms with Crippen LogP contribution in [0.5, 0.6) is 5.75 Å². The van der Waals surface area contributed by atoms with Gasteiger partial charge in [-0.2, -0.15) is 0 Å². The Balaban J connectivity index is 2.07. The number of ether oxygens (including phenoxy) is 1. The van der Waals surface area contributed by atoms with Gasteiger partial charge < -0.3 is 10.5 Å². The summed E-state index contributed by atoms with van der Waals surface area (Å²) in [6.07, 6.45) is -0.886. The number of anilines is 1. The van der Waals surface area contributed by atoms with Crippen molar-refractivity contribution in [3.05, 3.63) is 59.7 Å². The second kappa shape index (κ2) is 6.94. The van der Waals surface area contributed by atoms with Crippen molar-refractivity contribution in [2.24, 2.45) is 5.73 Å². The average Bonchev–Trinajstić information content (AvgIpc) is 2.63. The fraction of sp³-hybridized carbons (Fsp3) is 0.167. The lowest BCUT2D eigenvalue weighted by molar-refractivity contribution is -0.128. The molecule has 1 aliphatic rings. The van der Waals surface area contributed by atoms with E-state index in [-0.39, 0.29) is 18.2 Å². The van der Waals surface area contributed by atoms with Crippen LogP contribution < -0.4 is 15.4 Å². The monoisotopic (exact) mass is 358 g/mol. The van der Waals surface area contributed by atoms with Crippen LogP contribution in [0, 0.1) is 0 Å². The van der Waals surface area contributed by atoms with Gasteiger partial charge in [0.25, 0.3) is 5.91 Å². The smallest absolute Gasteiger partial charge is 0.273 e. The van der Waals surface area contributed by atoms with Crippen molar-refractivity contribution >= 4 is 34.9 Å². The minimum absolute atomic E-state index is 0.184. The number of nitrogens with zero attached hydrogens (tertiary/aromatic N) is 1. The maximum atomic E-state index is 12.9. The Morgan fingerprint density at radius 1 is 1.16 bits per heavy atom. The topological polar surface area (TPSA) is 89.7 Å². The molecule has 0 saturated carbocycles. The van der Waals surface area contributed by atoms with Crippen LogP contribution in [0.4, 0.5) is 5.69 Å². The molecule has 2 aromatic carbocycles. The summed E-state index contributed by atoms with van der Waals surface area (Å²) in [6.45, 7) is -0.308. The third kappa shape index (κ3) is 3.34. The summed E-state index contributed by atoms with van der Waals surface area (Å²) in [5, 5.41) is 0. The van der Waals surface area contributed by atoms with Gasteiger partial charge in [-0.25, -0.2) is 0 Å². The number of hydrogen-bond donors (Lipinski definition) is 1. The number of hydrogen-bond acceptors (Lipinski definition) is 4. The molecule has 7 heteroatoms. The van der Waals surface area contributed by atoms with Gasteiger partial charge in [0.05, 0.1) is 11.6 Å². The molecule has 128 valence electrons. The van der Waals surface area contributed by atoms with Crippen LogP contribution in [-0.2, 0) is 9.59 Å². The molecular formula is C18H15ClN2O4. The Morgan fingerprint density at radius 3 is 2.52 bits per heavy atom. The summed E-state index contributed by atoms with van der Waals surface area (Å²) >= 11 is 5.59. The molecule has 1 heterocycles. The highest BCUT2D eigenvalue weighted by molar-refractivity contribution is 6.30. The molecule has 1 unspecified atom stereocenters. The summed E-state index contributed by atoms with van der Waals surface area (Å²) in [7, 11) is 0. The summed E-state index contributed by atoms with van der Waals surface area (Å²) in [5.74, 6) is -1.17. The minimum atomic E-state index is -0.886. The van der Waals surface area contributed by atoms with E-state index in [9.17, 15) is 14.4 Å². The van der Waals surface area contributed by atoms with E-state index >= 15 is 0 Å². The molecule has 1 atom stereocenters. The van der Waals surface area contributed by atoms with Crippen molar-refractivity contribution in [1.29, 1.82) is 0 Å². The van der Waals surface area contributed by atoms with Gasteiger partial charge in [0, 0.05) is 11.1 Å². The van der Waals surface area contributed by atoms with Crippen molar-refractivity contribution in [2.75, 3.05) is 17.3 Å². The van der Waals surface area contributed by atoms with Crippen LogP contribution in [0.3, 0.4) is 0 Å². The van der Waals surface area contributed by atoms with E-state index in [2.05, 4.69) is 0 Å². The second-order valence-electron chi connectivity index (χ2n) is 5.54. The van der Waals surface area contributed by atoms with E-state index < -0.39 is 17.9 Å². The predicted octanol–water partition coefficient (Wildman–Crippen LogP) is 2.06. The van der Waals surface area contributed by atoms with Gasteiger partial charge in [0.1, 0.15) is 12.3 Å². The zero-order valence-corrected chi connectivity index (χ0v) is 13.9. The number of carbonyl (C=O) groups is 3. The zero-order valence-electron chi connectivity index (χ0n) is 13.1. The first-order chi connectivity index (χ1) is 12.0. The van der Waals surface area contributed by atoms with Gasteiger partial charge in [-0.05, 0) is 18.2 Å². The number of ketones is 1. The van der Waals surface area contributed by atoms with Crippen molar-refractivity contribution < 1.29 is 19.1 Å². The second-order valence-corrected chi connectivity index (χ2v) is 5.81. The molecule has 2 aromatic rings. The van der Waals surface area contributed by atoms with Gasteiger partial charge in [-0.1, -0.05) is 30.3 Å². The fourth-order valence-corrected chi connectivity index (χ4v) is 2.83. The number of amides is 2. The van der Waals surface area contributed by atoms with Gasteiger partial charge in [-0.3, -0.25) is 19.3 Å². The van der Waals surface area contributed by atoms with E-state index in [4.69, 9.17) is 22.1 Å². The maximum Gasteiger partial charge on any atom is 0.273 e. The number of carbonyl (C=O) groups excluding carboxylic acids is 3. The third-order valence-corrected chi connectivity index (χ3v) is 4.09. The zero-order chi connectivity index (χ0) is 18.0. The highest BCUT2D eigenvalue weighted by Crippen LogP contribution is 2.39. The lowest BCUT2D eigenvalue weighted by Crippen LogP contribution is -2.45. The standard InChI is InChI=1S/C18H15ClN2O4/c19-9-14(22)12-6-7-15-13(8-12)21(10-16(20)23)18(24)17(25-15)11-4-2-1-3-5-11/h1-8,17H,9-10H2,(H2,20,23). The molecule has 0 aromatic heterocycles. The third-order valence-electron chi connectivity index (χ3n) is 3.84. The number of fused-ring (bicyclic) bond motifs is 1. The van der Waals surface area contributed by atoms with Crippen molar-refractivity contribution in [1.82, 2.24) is 0 Å². The number of alkyl halides is 1. The summed E-state index contributed by atoms with van der Waals surface area (Å²) in [5.41, 5.74) is 6.61. The maximum absolute atomic E-state index is 12.9. The van der Waals surface area contributed by atoms with E-state index in [0.29, 0.717) is 22.6 Å². The average molecular weight is 359 g/mol. The summed E-state index contributed by atoms with van der Waals surface area (Å²) < 4.78 is 5.82. The van der Waals surface area contributed by atoms with Crippen molar-refractivity contribution in [2.45, 2.75) is 6.10 Å². The van der Waals surface area contributed by atoms with Crippen molar-refractivity contribution in [3.63, 3.8) is 0 Å². The molecule has 0 aliphatic carbocycles. The number of benzene rings is 2. The Labute approximate surface area is 149 Å². The summed E-state index contributed by atoms with van der Waals surface area (Å²) in [4.78, 5) is 37.4. The van der Waals surface area contributed by atoms with Crippen LogP contribution >= 0.6 is 11.6 Å². The summed E-state index contributed by atoms with van der Waals surface area (Å²) in [6, 6.07) is 13.6. The molecule has 0 saturated heterocycles. The molecular weight excluding hydrogens is 344 g/mol. The van der Waals surface area contributed by atoms with Crippen molar-refractivity contribution in [3.8, 4) is 5.75 Å². The quantitative estimate of drug-likeness (QED) is 0.654. The molecule has 2 amide bonds. The molecule has 0 fully saturated rings. The lowest BCUT2D eigenvalue weighted by Gasteiger charge is -2.34. The van der Waals surface area contributed by atoms with E-state index in [0.717, 1.165) is 0 Å². The molecule has 0 bridgehead atoms. The number of Topliss-reactive ketones (excluding diaryl/α,β-unsaturated/α-hetero) is 1. The lowest BCUT2D eigenvalue weighted by atomic mass is 10.0. The van der Waals surface area contributed by atoms with Gasteiger partial charge in [-0.15, -0.1) is 11.6 Å². The molecule has 0 radical (unpaired) electrons. The Hall–Kier alpha value is -2.86. The van der Waals surface area contributed by atoms with E-state index in [1.807, 2.05) is 6.07 Å². The highest BCUT2D eigenvalue weighted by atomic mass is 35.5. The first-order valence-corrected chi connectivity index (χ1v) is 8.09. The largest absolute Gasteiger partial charge is 0.474 e. The van der Waals surface area contributed by atoms with E-state index in [1.165, 1.54) is 11.0 Å². The number of nitrogens with two attached hydrogens (primary N) is 1. The molecule has 6 nitrogen and oxygen atoms in total. The van der Waals surface area contributed by atoms with Crippen LogP contribution in [0.2, 0.25) is 0 Å². The van der Waals surface area contributed by atoms with E-state index in [1.54, 1.807) is 36.4 Å². The van der Waals surface area contributed by atoms with Gasteiger partial charge >= 0.3 is 0 Å². The fourth-order valence-electron chi connectivity index (χ4n) is 2.67. The predicted molar refractivity (Wildman–Crippen MR) is 92.9 cm³/mol. The Kier molecular flexibility index (Phi) is 4.72. The highest BCUT2D eigenvalue weighted by Gasteiger charge is 2.36. The van der Waals surface area contributed by atoms with Crippen LogP contribution in [0.25, 0.3) is 0 Å². The number of rotatable bonds is 5. The Bertz CT molecular complexity index is 838. The van der Waals surface area contributed by atoms with Gasteiger partial charge in [0.15, 0.2) is 5.78 Å². The molecule has 2 N–H and O–H groups in total. The van der Waals surface area contributed by atoms with Gasteiger partial charge in [0.2, 0.25) is 12.0 Å². The molecule has 0 spiro atoms. The first kappa shape index (κ1) is 17.0. The molecule has 25 heavy (non-hydrogen) atoms. The van der Waals surface area contributed by atoms with Crippen LogP contribution in [-0.4, -0.2) is 30.0 Å². The SMILES string of the molecule is NC(=O)CN1C(=O)C(c2ccccc2)Oc2ccc(C(=O)CCl)cc21. The molecule has 1 aliphatic heterocycles. The van der Waals surface area contributed by atoms with Crippen LogP contribution in [0.1, 0.15) is 22.0 Å². The number of primary amides is 1. The Morgan fingerprint density at radius 2 is 1.88 bits per heavy atom. The minimum Gasteiger partial charge on any atom is -0.474 e. The first-order valence-electron chi connectivity index (χ1n) is 7.55. The molecule has 3 rings (SSSR count). The van der Waals surface area contributed by atoms with Crippen LogP contribution in [0.15, 0.2) is 48.5 Å².